The first-order valence-corrected chi connectivity index (χ1v) is 20.0. The number of nitrogens with zero attached hydrogens (tertiary/aromatic N) is 1. The van der Waals surface area contributed by atoms with Crippen molar-refractivity contribution in [3.05, 3.63) is 176 Å². The third-order valence-corrected chi connectivity index (χ3v) is 13.8. The van der Waals surface area contributed by atoms with Crippen molar-refractivity contribution in [2.75, 3.05) is 4.90 Å². The predicted octanol–water partition coefficient (Wildman–Crippen LogP) is 15.6. The molecule has 0 fully saturated rings. The highest BCUT2D eigenvalue weighted by Gasteiger charge is 2.23. The summed E-state index contributed by atoms with van der Waals surface area (Å²) in [6.07, 6.45) is 0. The van der Waals surface area contributed by atoms with Crippen molar-refractivity contribution in [2.24, 2.45) is 0 Å². The van der Waals surface area contributed by atoms with Crippen molar-refractivity contribution < 1.29 is 0 Å². The summed E-state index contributed by atoms with van der Waals surface area (Å²) >= 11 is 5.64. The van der Waals surface area contributed by atoms with E-state index in [1.807, 2.05) is 34.0 Å². The van der Waals surface area contributed by atoms with Gasteiger partial charge in [0.15, 0.2) is 0 Å². The second-order valence-electron chi connectivity index (χ2n) is 13.2. The molecule has 11 aromatic rings. The quantitative estimate of drug-likeness (QED) is 0.171. The molecule has 0 bridgehead atoms. The van der Waals surface area contributed by atoms with Crippen LogP contribution in [-0.4, -0.2) is 0 Å². The summed E-state index contributed by atoms with van der Waals surface area (Å²) < 4.78 is 7.84. The van der Waals surface area contributed by atoms with Crippen LogP contribution < -0.4 is 4.90 Å². The van der Waals surface area contributed by atoms with E-state index in [4.69, 9.17) is 0 Å². The van der Waals surface area contributed by atoms with Gasteiger partial charge in [-0.25, -0.2) is 0 Å². The Balaban J connectivity index is 1.23. The highest BCUT2D eigenvalue weighted by molar-refractivity contribution is 7.27. The normalized spacial score (nSPS) is 11.8. The van der Waals surface area contributed by atoms with Crippen LogP contribution in [0.15, 0.2) is 176 Å². The van der Waals surface area contributed by atoms with E-state index in [0.717, 1.165) is 11.4 Å². The summed E-state index contributed by atoms with van der Waals surface area (Å²) in [6, 6.07) is 64.9. The summed E-state index contributed by atoms with van der Waals surface area (Å²) in [5.74, 6) is 0. The molecule has 4 heteroatoms. The van der Waals surface area contributed by atoms with Gasteiger partial charge in [0.25, 0.3) is 0 Å². The van der Waals surface area contributed by atoms with Crippen LogP contribution >= 0.6 is 34.0 Å². The van der Waals surface area contributed by atoms with Gasteiger partial charge < -0.3 is 4.90 Å². The average Bonchev–Trinajstić information content (AvgIpc) is 3.90. The molecule has 0 aliphatic carbocycles. The van der Waals surface area contributed by atoms with E-state index in [9.17, 15) is 0 Å². The Bertz CT molecular complexity index is 3130. The molecular weight excluding hydrogens is 687 g/mol. The Morgan fingerprint density at radius 1 is 0.327 bits per heavy atom. The molecular formula is C48H29NS3. The van der Waals surface area contributed by atoms with E-state index in [1.165, 1.54) is 88.5 Å². The fourth-order valence-corrected chi connectivity index (χ4v) is 11.4. The molecule has 0 aliphatic rings. The molecule has 0 spiro atoms. The Hall–Kier alpha value is -5.78. The zero-order valence-corrected chi connectivity index (χ0v) is 30.4. The minimum absolute atomic E-state index is 1.15. The fourth-order valence-electron chi connectivity index (χ4n) is 7.93. The zero-order valence-electron chi connectivity index (χ0n) is 27.9. The number of fused-ring (bicyclic) bond motifs is 9. The summed E-state index contributed by atoms with van der Waals surface area (Å²) in [6.45, 7) is 0. The first-order chi connectivity index (χ1) is 25.8. The van der Waals surface area contributed by atoms with Gasteiger partial charge in [0, 0.05) is 71.9 Å². The van der Waals surface area contributed by atoms with Crippen LogP contribution in [0.1, 0.15) is 0 Å². The largest absolute Gasteiger partial charge is 0.310 e. The first-order valence-electron chi connectivity index (χ1n) is 17.5. The standard InChI is InChI=1S/C48H29NS3/c1-3-12-30(13-4-1)34-18-11-21-45-46(34)39-29-33(23-27-44(39)51-45)49(32-22-26-43-38(28-32)36-16-7-9-19-41(36)50-43)40-25-24-35(31-14-5-2-6-15-31)48-47(40)37-17-8-10-20-42(37)52-48/h1-29H. The molecule has 0 N–H and O–H groups in total. The van der Waals surface area contributed by atoms with Crippen LogP contribution in [0.25, 0.3) is 82.8 Å². The lowest BCUT2D eigenvalue weighted by Crippen LogP contribution is -2.10. The van der Waals surface area contributed by atoms with Crippen LogP contribution in [0, 0.1) is 0 Å². The van der Waals surface area contributed by atoms with E-state index in [0.29, 0.717) is 0 Å². The smallest absolute Gasteiger partial charge is 0.0555 e. The number of thiophene rings is 3. The van der Waals surface area contributed by atoms with E-state index in [-0.39, 0.29) is 0 Å². The molecule has 0 amide bonds. The van der Waals surface area contributed by atoms with E-state index >= 15 is 0 Å². The molecule has 0 saturated heterocycles. The summed E-state index contributed by atoms with van der Waals surface area (Å²) in [4.78, 5) is 2.51. The number of anilines is 3. The zero-order chi connectivity index (χ0) is 34.2. The molecule has 1 nitrogen and oxygen atoms in total. The maximum absolute atomic E-state index is 2.51. The van der Waals surface area contributed by atoms with Gasteiger partial charge in [-0.3, -0.25) is 0 Å². The maximum Gasteiger partial charge on any atom is 0.0555 e. The molecule has 0 radical (unpaired) electrons. The summed E-state index contributed by atoms with van der Waals surface area (Å²) in [5, 5.41) is 7.79. The van der Waals surface area contributed by atoms with Gasteiger partial charge in [-0.2, -0.15) is 0 Å². The third kappa shape index (κ3) is 4.65. The van der Waals surface area contributed by atoms with Gasteiger partial charge in [-0.15, -0.1) is 34.0 Å². The van der Waals surface area contributed by atoms with Crippen LogP contribution in [0.5, 0.6) is 0 Å². The van der Waals surface area contributed by atoms with Crippen LogP contribution in [-0.2, 0) is 0 Å². The van der Waals surface area contributed by atoms with Crippen molar-refractivity contribution in [1.82, 2.24) is 0 Å². The van der Waals surface area contributed by atoms with Gasteiger partial charge in [-0.05, 0) is 82.9 Å². The number of rotatable bonds is 5. The lowest BCUT2D eigenvalue weighted by atomic mass is 9.98. The van der Waals surface area contributed by atoms with E-state index < -0.39 is 0 Å². The Morgan fingerprint density at radius 3 is 1.63 bits per heavy atom. The van der Waals surface area contributed by atoms with Gasteiger partial charge in [0.2, 0.25) is 0 Å². The average molecular weight is 716 g/mol. The Labute approximate surface area is 312 Å². The topological polar surface area (TPSA) is 3.24 Å². The van der Waals surface area contributed by atoms with Gasteiger partial charge in [-0.1, -0.05) is 115 Å². The molecule has 0 atom stereocenters. The Morgan fingerprint density at radius 2 is 0.885 bits per heavy atom. The molecule has 3 heterocycles. The van der Waals surface area contributed by atoms with Gasteiger partial charge in [0.1, 0.15) is 0 Å². The number of hydrogen-bond donors (Lipinski definition) is 0. The van der Waals surface area contributed by atoms with E-state index in [2.05, 4.69) is 181 Å². The van der Waals surface area contributed by atoms with Crippen LogP contribution in [0.4, 0.5) is 17.1 Å². The SMILES string of the molecule is c1ccc(-c2ccc(N(c3ccc4sc5ccccc5c4c3)c3ccc4sc5cccc(-c6ccccc6)c5c4c3)c3c2sc2ccccc23)cc1. The van der Waals surface area contributed by atoms with Gasteiger partial charge >= 0.3 is 0 Å². The third-order valence-electron chi connectivity index (χ3n) is 10.3. The molecule has 244 valence electrons. The monoisotopic (exact) mass is 715 g/mol. The maximum atomic E-state index is 2.51. The lowest BCUT2D eigenvalue weighted by molar-refractivity contribution is 1.31. The summed E-state index contributed by atoms with van der Waals surface area (Å²) in [5.41, 5.74) is 8.52. The molecule has 8 aromatic carbocycles. The molecule has 11 rings (SSSR count). The molecule has 52 heavy (non-hydrogen) atoms. The molecule has 0 unspecified atom stereocenters. The second-order valence-corrected chi connectivity index (χ2v) is 16.5. The minimum atomic E-state index is 1.15. The highest BCUT2D eigenvalue weighted by Crippen LogP contribution is 2.50. The molecule has 3 aromatic heterocycles. The first kappa shape index (κ1) is 29.9. The van der Waals surface area contributed by atoms with E-state index in [1.54, 1.807) is 0 Å². The van der Waals surface area contributed by atoms with Crippen LogP contribution in [0.3, 0.4) is 0 Å². The Kier molecular flexibility index (Phi) is 6.84. The minimum Gasteiger partial charge on any atom is -0.310 e. The van der Waals surface area contributed by atoms with Crippen molar-refractivity contribution >= 4 is 112 Å². The fraction of sp³-hybridized carbons (Fsp3) is 0. The number of benzene rings is 8. The molecule has 0 aliphatic heterocycles. The number of hydrogen-bond acceptors (Lipinski definition) is 4. The highest BCUT2D eigenvalue weighted by atomic mass is 32.1. The predicted molar refractivity (Wildman–Crippen MR) is 231 cm³/mol. The molecule has 0 saturated carbocycles. The van der Waals surface area contributed by atoms with Crippen LogP contribution in [0.2, 0.25) is 0 Å². The van der Waals surface area contributed by atoms with Crippen molar-refractivity contribution in [3.8, 4) is 22.3 Å². The van der Waals surface area contributed by atoms with Crippen molar-refractivity contribution in [1.29, 1.82) is 0 Å². The summed E-state index contributed by atoms with van der Waals surface area (Å²) in [7, 11) is 0. The van der Waals surface area contributed by atoms with Gasteiger partial charge in [0.05, 0.1) is 5.69 Å². The van der Waals surface area contributed by atoms with Crippen molar-refractivity contribution in [3.63, 3.8) is 0 Å². The second kappa shape index (κ2) is 11.9. The lowest BCUT2D eigenvalue weighted by Gasteiger charge is -2.27. The van der Waals surface area contributed by atoms with Crippen molar-refractivity contribution in [2.45, 2.75) is 0 Å².